The van der Waals surface area contributed by atoms with Crippen LogP contribution in [0.4, 0.5) is 15.9 Å². The summed E-state index contributed by atoms with van der Waals surface area (Å²) in [5, 5.41) is 4.12. The smallest absolute Gasteiger partial charge is 0.141 e. The van der Waals surface area contributed by atoms with Gasteiger partial charge in [0, 0.05) is 43.3 Å². The highest BCUT2D eigenvalue weighted by atomic mass is 35.5. The minimum Gasteiger partial charge on any atom is -0.492 e. The van der Waals surface area contributed by atoms with E-state index in [1.807, 2.05) is 19.1 Å². The molecule has 0 unspecified atom stereocenters. The molecule has 37 heavy (non-hydrogen) atoms. The van der Waals surface area contributed by atoms with Crippen LogP contribution in [0.25, 0.3) is 10.9 Å². The molecule has 1 saturated heterocycles. The Bertz CT molecular complexity index is 1320. The fourth-order valence-electron chi connectivity index (χ4n) is 5.34. The van der Waals surface area contributed by atoms with Gasteiger partial charge >= 0.3 is 0 Å². The number of nitrogens with zero attached hydrogens (tertiary/aromatic N) is 4. The number of hydrogen-bond donors (Lipinski definition) is 1. The molecule has 2 heterocycles. The van der Waals surface area contributed by atoms with E-state index in [0.29, 0.717) is 18.1 Å². The lowest BCUT2D eigenvalue weighted by atomic mass is 9.80. The lowest BCUT2D eigenvalue weighted by Gasteiger charge is -2.46. The number of fused-ring (bicyclic) bond motifs is 1. The molecule has 2 aromatic carbocycles. The van der Waals surface area contributed by atoms with Gasteiger partial charge in [0.05, 0.1) is 28.2 Å². The molecule has 0 atom stereocenters. The van der Waals surface area contributed by atoms with Gasteiger partial charge in [-0.1, -0.05) is 42.7 Å². The predicted molar refractivity (Wildman–Crippen MR) is 147 cm³/mol. The van der Waals surface area contributed by atoms with Gasteiger partial charge < -0.3 is 15.0 Å². The largest absolute Gasteiger partial charge is 0.492 e. The van der Waals surface area contributed by atoms with E-state index >= 15 is 0 Å². The molecule has 0 radical (unpaired) electrons. The van der Waals surface area contributed by atoms with Crippen molar-refractivity contribution in [2.75, 3.05) is 45.2 Å². The van der Waals surface area contributed by atoms with Crippen molar-refractivity contribution in [2.45, 2.75) is 44.6 Å². The number of hydrogen-bond acceptors (Lipinski definition) is 6. The third-order valence-corrected chi connectivity index (χ3v) is 7.73. The zero-order valence-electron chi connectivity index (χ0n) is 21.5. The molecule has 5 rings (SSSR count). The number of halogens is 2. The van der Waals surface area contributed by atoms with E-state index in [-0.39, 0.29) is 10.6 Å². The van der Waals surface area contributed by atoms with Crippen molar-refractivity contribution < 1.29 is 9.13 Å². The number of nitrogens with one attached hydrogen (secondary N) is 1. The number of ether oxygens (including phenoxy) is 1. The van der Waals surface area contributed by atoms with Crippen LogP contribution in [0.3, 0.4) is 0 Å². The Morgan fingerprint density at radius 3 is 2.59 bits per heavy atom. The zero-order chi connectivity index (χ0) is 25.8. The molecule has 6 nitrogen and oxygen atoms in total. The van der Waals surface area contributed by atoms with Crippen molar-refractivity contribution in [1.82, 2.24) is 19.8 Å². The third-order valence-electron chi connectivity index (χ3n) is 7.44. The summed E-state index contributed by atoms with van der Waals surface area (Å²) in [7, 11) is 2.19. The third kappa shape index (κ3) is 5.67. The first-order chi connectivity index (χ1) is 18.0. The molecule has 1 aromatic heterocycles. The van der Waals surface area contributed by atoms with E-state index in [2.05, 4.69) is 44.0 Å². The van der Waals surface area contributed by atoms with Crippen LogP contribution in [0, 0.1) is 17.7 Å². The summed E-state index contributed by atoms with van der Waals surface area (Å²) in [6, 6.07) is 8.44. The zero-order valence-corrected chi connectivity index (χ0v) is 22.2. The van der Waals surface area contributed by atoms with Gasteiger partial charge in [0.1, 0.15) is 23.7 Å². The Balaban J connectivity index is 1.54. The Hall–Kier alpha value is -2.92. The fraction of sp³-hybridized carbons (Fsp3) is 0.448. The Kier molecular flexibility index (Phi) is 7.80. The van der Waals surface area contributed by atoms with Crippen LogP contribution >= 0.6 is 11.6 Å². The fourth-order valence-corrected chi connectivity index (χ4v) is 5.52. The Morgan fingerprint density at radius 2 is 1.86 bits per heavy atom. The highest BCUT2D eigenvalue weighted by molar-refractivity contribution is 6.31. The Morgan fingerprint density at radius 1 is 1.08 bits per heavy atom. The van der Waals surface area contributed by atoms with Crippen molar-refractivity contribution >= 4 is 34.0 Å². The molecule has 1 N–H and O–H groups in total. The van der Waals surface area contributed by atoms with Crippen LogP contribution in [0.15, 0.2) is 36.7 Å². The number of piperazine rings is 1. The summed E-state index contributed by atoms with van der Waals surface area (Å²) in [6.07, 6.45) is 7.39. The van der Waals surface area contributed by atoms with Crippen molar-refractivity contribution in [3.63, 3.8) is 0 Å². The summed E-state index contributed by atoms with van der Waals surface area (Å²) in [5.74, 6) is 8.14. The molecule has 1 aliphatic carbocycles. The number of rotatable bonds is 5. The molecule has 2 fully saturated rings. The average Bonchev–Trinajstić information content (AvgIpc) is 2.91. The van der Waals surface area contributed by atoms with Gasteiger partial charge in [-0.3, -0.25) is 4.90 Å². The van der Waals surface area contributed by atoms with Crippen molar-refractivity contribution in [1.29, 1.82) is 0 Å². The van der Waals surface area contributed by atoms with Crippen molar-refractivity contribution in [3.05, 3.63) is 53.1 Å². The summed E-state index contributed by atoms with van der Waals surface area (Å²) in [4.78, 5) is 13.9. The number of anilines is 2. The van der Waals surface area contributed by atoms with E-state index in [0.717, 1.165) is 61.2 Å². The summed E-state index contributed by atoms with van der Waals surface area (Å²) in [6.45, 7) is 6.74. The first-order valence-electron chi connectivity index (χ1n) is 13.1. The molecular weight excluding hydrogens is 489 g/mol. The molecule has 2 aliphatic rings. The number of aromatic nitrogens is 2. The highest BCUT2D eigenvalue weighted by Gasteiger charge is 2.37. The first kappa shape index (κ1) is 25.7. The van der Waals surface area contributed by atoms with Gasteiger partial charge in [-0.2, -0.15) is 0 Å². The minimum absolute atomic E-state index is 0.0511. The molecule has 0 amide bonds. The average molecular weight is 522 g/mol. The van der Waals surface area contributed by atoms with E-state index in [1.165, 1.54) is 31.7 Å². The predicted octanol–water partition coefficient (Wildman–Crippen LogP) is 5.87. The van der Waals surface area contributed by atoms with Gasteiger partial charge in [0.2, 0.25) is 0 Å². The van der Waals surface area contributed by atoms with Crippen LogP contribution in [0.5, 0.6) is 5.75 Å². The van der Waals surface area contributed by atoms with Gasteiger partial charge in [-0.05, 0) is 51.1 Å². The standard InChI is InChI=1S/C29H33ClFN5O/c1-3-37-27-19-26-23(28(33-20-32-26)34-22-7-8-25(31)24(30)18-22)17-21(27)9-12-29(10-5-4-6-11-29)36-15-13-35(2)14-16-36/h7-8,17-20H,3-6,10-11,13-16H2,1-2H3,(H,32,33,34). The number of benzene rings is 2. The second-order valence-corrected chi connectivity index (χ2v) is 10.3. The lowest BCUT2D eigenvalue weighted by Crippen LogP contribution is -2.56. The molecule has 0 bridgehead atoms. The van der Waals surface area contributed by atoms with E-state index < -0.39 is 5.82 Å². The van der Waals surface area contributed by atoms with E-state index in [1.54, 1.807) is 12.1 Å². The second-order valence-electron chi connectivity index (χ2n) is 9.91. The van der Waals surface area contributed by atoms with Crippen LogP contribution in [0.2, 0.25) is 5.02 Å². The summed E-state index contributed by atoms with van der Waals surface area (Å²) < 4.78 is 19.7. The Labute approximate surface area is 223 Å². The molecule has 8 heteroatoms. The van der Waals surface area contributed by atoms with Crippen molar-refractivity contribution in [2.24, 2.45) is 0 Å². The first-order valence-corrected chi connectivity index (χ1v) is 13.5. The normalized spacial score (nSPS) is 18.3. The quantitative estimate of drug-likeness (QED) is 0.424. The molecule has 1 aliphatic heterocycles. The van der Waals surface area contributed by atoms with Gasteiger partial charge in [0.25, 0.3) is 0 Å². The molecular formula is C29H33ClFN5O. The molecule has 0 spiro atoms. The molecule has 1 saturated carbocycles. The highest BCUT2D eigenvalue weighted by Crippen LogP contribution is 2.35. The van der Waals surface area contributed by atoms with Crippen LogP contribution in [-0.4, -0.2) is 65.1 Å². The summed E-state index contributed by atoms with van der Waals surface area (Å²) >= 11 is 5.99. The van der Waals surface area contributed by atoms with Crippen LogP contribution in [-0.2, 0) is 0 Å². The molecule has 3 aromatic rings. The summed E-state index contributed by atoms with van der Waals surface area (Å²) in [5.41, 5.74) is 2.11. The second kappa shape index (κ2) is 11.2. The molecule has 194 valence electrons. The van der Waals surface area contributed by atoms with Gasteiger partial charge in [-0.25, -0.2) is 14.4 Å². The van der Waals surface area contributed by atoms with E-state index in [9.17, 15) is 4.39 Å². The monoisotopic (exact) mass is 521 g/mol. The maximum Gasteiger partial charge on any atom is 0.141 e. The number of likely N-dealkylation sites (N-methyl/N-ethyl adjacent to an activating group) is 1. The van der Waals surface area contributed by atoms with Gasteiger partial charge in [0.15, 0.2) is 0 Å². The SMILES string of the molecule is CCOc1cc2ncnc(Nc3ccc(F)c(Cl)c3)c2cc1C#CC1(N2CCN(C)CC2)CCCCC1. The van der Waals surface area contributed by atoms with Crippen LogP contribution < -0.4 is 10.1 Å². The van der Waals surface area contributed by atoms with Crippen molar-refractivity contribution in [3.8, 4) is 17.6 Å². The maximum atomic E-state index is 13.7. The lowest BCUT2D eigenvalue weighted by molar-refractivity contribution is 0.0513. The minimum atomic E-state index is -0.462. The van der Waals surface area contributed by atoms with Crippen LogP contribution in [0.1, 0.15) is 44.6 Å². The maximum absolute atomic E-state index is 13.7. The van der Waals surface area contributed by atoms with Gasteiger partial charge in [-0.15, -0.1) is 0 Å². The van der Waals surface area contributed by atoms with E-state index in [4.69, 9.17) is 16.3 Å². The topological polar surface area (TPSA) is 53.5 Å².